The second-order valence-corrected chi connectivity index (χ2v) is 8.66. The van der Waals surface area contributed by atoms with Crippen LogP contribution in [0.5, 0.6) is 0 Å². The average Bonchev–Trinajstić information content (AvgIpc) is 3.09. The zero-order valence-corrected chi connectivity index (χ0v) is 17.6. The van der Waals surface area contributed by atoms with Crippen LogP contribution in [-0.4, -0.2) is 13.2 Å². The quantitative estimate of drug-likeness (QED) is 0.556. The third-order valence-electron chi connectivity index (χ3n) is 5.71. The van der Waals surface area contributed by atoms with E-state index in [1.54, 1.807) is 0 Å². The summed E-state index contributed by atoms with van der Waals surface area (Å²) in [7, 11) is 0. The Bertz CT molecular complexity index is 770. The first-order chi connectivity index (χ1) is 12.9. The lowest BCUT2D eigenvalue weighted by atomic mass is 9.79. The second kappa shape index (κ2) is 8.16. The Morgan fingerprint density at radius 2 is 1.74 bits per heavy atom. The molecular formula is C25H34O2. The van der Waals surface area contributed by atoms with E-state index in [0.717, 1.165) is 18.4 Å². The molecule has 1 aliphatic rings. The Kier molecular flexibility index (Phi) is 6.08. The number of hydrogen-bond donors (Lipinski definition) is 0. The predicted octanol–water partition coefficient (Wildman–Crippen LogP) is 6.50. The topological polar surface area (TPSA) is 18.5 Å². The van der Waals surface area contributed by atoms with E-state index in [4.69, 9.17) is 9.47 Å². The minimum absolute atomic E-state index is 0.303. The summed E-state index contributed by atoms with van der Waals surface area (Å²) >= 11 is 0. The molecule has 0 aliphatic carbocycles. The minimum atomic E-state index is -0.624. The summed E-state index contributed by atoms with van der Waals surface area (Å²) in [5.74, 6) is -0.624. The number of benzene rings is 2. The maximum atomic E-state index is 5.87. The van der Waals surface area contributed by atoms with Crippen molar-refractivity contribution in [2.24, 2.45) is 5.41 Å². The van der Waals surface area contributed by atoms with E-state index in [1.165, 1.54) is 35.1 Å². The molecule has 1 heterocycles. The van der Waals surface area contributed by atoms with Gasteiger partial charge in [-0.2, -0.15) is 0 Å². The zero-order valence-electron chi connectivity index (χ0n) is 17.6. The van der Waals surface area contributed by atoms with Crippen molar-refractivity contribution in [3.8, 4) is 11.1 Å². The van der Waals surface area contributed by atoms with Gasteiger partial charge in [0.05, 0.1) is 13.2 Å². The first kappa shape index (κ1) is 20.1. The summed E-state index contributed by atoms with van der Waals surface area (Å²) in [6.45, 7) is 12.6. The lowest BCUT2D eigenvalue weighted by Gasteiger charge is -2.27. The van der Waals surface area contributed by atoms with E-state index in [0.29, 0.717) is 18.6 Å². The van der Waals surface area contributed by atoms with Crippen LogP contribution in [-0.2, 0) is 28.1 Å². The molecule has 3 rings (SSSR count). The highest BCUT2D eigenvalue weighted by Gasteiger charge is 2.33. The first-order valence-corrected chi connectivity index (χ1v) is 10.4. The molecule has 1 fully saturated rings. The fraction of sp³-hybridized carbons (Fsp3) is 0.520. The summed E-state index contributed by atoms with van der Waals surface area (Å²) < 4.78 is 11.7. The van der Waals surface area contributed by atoms with Crippen LogP contribution >= 0.6 is 0 Å². The van der Waals surface area contributed by atoms with Gasteiger partial charge in [-0.05, 0) is 59.9 Å². The van der Waals surface area contributed by atoms with Crippen molar-refractivity contribution in [2.45, 2.75) is 66.1 Å². The highest BCUT2D eigenvalue weighted by Crippen LogP contribution is 2.36. The van der Waals surface area contributed by atoms with Gasteiger partial charge in [0.15, 0.2) is 5.79 Å². The van der Waals surface area contributed by atoms with Gasteiger partial charge in [-0.15, -0.1) is 0 Å². The Labute approximate surface area is 164 Å². The van der Waals surface area contributed by atoms with Gasteiger partial charge in [0.2, 0.25) is 0 Å². The molecule has 0 saturated carbocycles. The van der Waals surface area contributed by atoms with Gasteiger partial charge in [0.1, 0.15) is 0 Å². The molecule has 0 amide bonds. The van der Waals surface area contributed by atoms with Crippen molar-refractivity contribution in [2.75, 3.05) is 13.2 Å². The third-order valence-corrected chi connectivity index (χ3v) is 5.71. The van der Waals surface area contributed by atoms with Crippen LogP contribution in [0.1, 0.15) is 64.2 Å². The first-order valence-electron chi connectivity index (χ1n) is 10.4. The largest absolute Gasteiger partial charge is 0.344 e. The van der Waals surface area contributed by atoms with Crippen LogP contribution in [0.3, 0.4) is 0 Å². The van der Waals surface area contributed by atoms with Gasteiger partial charge in [-0.25, -0.2) is 0 Å². The maximum absolute atomic E-state index is 5.87. The lowest BCUT2D eigenvalue weighted by molar-refractivity contribution is -0.149. The monoisotopic (exact) mass is 366 g/mol. The van der Waals surface area contributed by atoms with Gasteiger partial charge < -0.3 is 9.47 Å². The normalized spacial score (nSPS) is 16.6. The maximum Gasteiger partial charge on any atom is 0.192 e. The highest BCUT2D eigenvalue weighted by atomic mass is 16.7. The van der Waals surface area contributed by atoms with Crippen molar-refractivity contribution in [3.63, 3.8) is 0 Å². The molecule has 0 aromatic heterocycles. The lowest BCUT2D eigenvalue weighted by Crippen LogP contribution is -2.22. The van der Waals surface area contributed by atoms with E-state index in [2.05, 4.69) is 70.2 Å². The Hall–Kier alpha value is -1.64. The van der Waals surface area contributed by atoms with Crippen LogP contribution in [0.4, 0.5) is 0 Å². The van der Waals surface area contributed by atoms with Gasteiger partial charge >= 0.3 is 0 Å². The van der Waals surface area contributed by atoms with Gasteiger partial charge in [-0.1, -0.05) is 70.5 Å². The smallest absolute Gasteiger partial charge is 0.192 e. The van der Waals surface area contributed by atoms with Crippen molar-refractivity contribution >= 4 is 0 Å². The molecule has 0 bridgehead atoms. The summed E-state index contributed by atoms with van der Waals surface area (Å²) in [5, 5.41) is 0. The van der Waals surface area contributed by atoms with Crippen molar-refractivity contribution < 1.29 is 9.47 Å². The van der Waals surface area contributed by atoms with E-state index in [1.807, 2.05) is 6.92 Å². The molecule has 2 heteroatoms. The molecule has 2 aromatic rings. The second-order valence-electron chi connectivity index (χ2n) is 8.66. The molecule has 27 heavy (non-hydrogen) atoms. The Morgan fingerprint density at radius 3 is 2.41 bits per heavy atom. The molecule has 1 saturated heterocycles. The summed E-state index contributed by atoms with van der Waals surface area (Å²) in [5.41, 5.74) is 6.83. The van der Waals surface area contributed by atoms with Gasteiger partial charge in [-0.3, -0.25) is 0 Å². The fourth-order valence-corrected chi connectivity index (χ4v) is 4.23. The molecule has 146 valence electrons. The van der Waals surface area contributed by atoms with Crippen LogP contribution in [0.15, 0.2) is 42.5 Å². The molecule has 1 aliphatic heterocycles. The predicted molar refractivity (Wildman–Crippen MR) is 113 cm³/mol. The average molecular weight is 367 g/mol. The van der Waals surface area contributed by atoms with E-state index < -0.39 is 5.79 Å². The molecule has 2 nitrogen and oxygen atoms in total. The zero-order chi connectivity index (χ0) is 19.5. The van der Waals surface area contributed by atoms with E-state index in [-0.39, 0.29) is 0 Å². The van der Waals surface area contributed by atoms with Crippen molar-refractivity contribution in [3.05, 3.63) is 59.2 Å². The van der Waals surface area contributed by atoms with E-state index in [9.17, 15) is 0 Å². The van der Waals surface area contributed by atoms with Gasteiger partial charge in [0, 0.05) is 5.56 Å². The van der Waals surface area contributed by atoms with Gasteiger partial charge in [0.25, 0.3) is 0 Å². The number of aryl methyl sites for hydroxylation is 1. The molecular weight excluding hydrogens is 332 g/mol. The standard InChI is InChI=1S/C25H34O2/c1-6-13-24(3,4)18-21-16-19(7-2)11-12-23(21)20-9-8-10-22(17-20)25(5)26-14-15-27-25/h8-12,16-17H,6-7,13-15,18H2,1-5H3. The molecule has 0 unspecified atom stereocenters. The molecule has 0 radical (unpaired) electrons. The fourth-order valence-electron chi connectivity index (χ4n) is 4.23. The van der Waals surface area contributed by atoms with Crippen LogP contribution < -0.4 is 0 Å². The van der Waals surface area contributed by atoms with Crippen LogP contribution in [0, 0.1) is 5.41 Å². The van der Waals surface area contributed by atoms with Crippen LogP contribution in [0.2, 0.25) is 0 Å². The SMILES string of the molecule is CCCC(C)(C)Cc1cc(CC)ccc1-c1cccc(C2(C)OCCO2)c1. The molecule has 0 N–H and O–H groups in total. The summed E-state index contributed by atoms with van der Waals surface area (Å²) in [6, 6.07) is 15.6. The Balaban J connectivity index is 2.01. The molecule has 0 spiro atoms. The van der Waals surface area contributed by atoms with Crippen LogP contribution in [0.25, 0.3) is 11.1 Å². The number of rotatable bonds is 7. The number of ether oxygens (including phenoxy) is 2. The van der Waals surface area contributed by atoms with Crippen molar-refractivity contribution in [1.82, 2.24) is 0 Å². The molecule has 0 atom stereocenters. The van der Waals surface area contributed by atoms with Crippen molar-refractivity contribution in [1.29, 1.82) is 0 Å². The third kappa shape index (κ3) is 4.62. The summed E-state index contributed by atoms with van der Waals surface area (Å²) in [6.07, 6.45) is 4.63. The Morgan fingerprint density at radius 1 is 1.00 bits per heavy atom. The minimum Gasteiger partial charge on any atom is -0.344 e. The van der Waals surface area contributed by atoms with E-state index >= 15 is 0 Å². The number of hydrogen-bond acceptors (Lipinski definition) is 2. The summed E-state index contributed by atoms with van der Waals surface area (Å²) in [4.78, 5) is 0. The highest BCUT2D eigenvalue weighted by molar-refractivity contribution is 5.69. The molecule has 2 aromatic carbocycles.